The predicted octanol–water partition coefficient (Wildman–Crippen LogP) is 2.80. The summed E-state index contributed by atoms with van der Waals surface area (Å²) < 4.78 is 27.7. The van der Waals surface area contributed by atoms with Gasteiger partial charge < -0.3 is 5.32 Å². The molecule has 0 fully saturated rings. The lowest BCUT2D eigenvalue weighted by Gasteiger charge is -2.14. The topological polar surface area (TPSA) is 71.1 Å². The molecule has 2 N–H and O–H groups in total. The number of thiophene rings is 1. The highest BCUT2D eigenvalue weighted by molar-refractivity contribution is 7.91. The van der Waals surface area contributed by atoms with Crippen LogP contribution in [0.15, 0.2) is 33.4 Å². The summed E-state index contributed by atoms with van der Waals surface area (Å²) in [4.78, 5) is 5.27. The Morgan fingerprint density at radius 2 is 2.22 bits per heavy atom. The number of aromatic nitrogens is 1. The molecule has 2 aromatic heterocycles. The van der Waals surface area contributed by atoms with Crippen LogP contribution in [0.5, 0.6) is 0 Å². The first-order valence-electron chi connectivity index (χ1n) is 6.95. The number of nitrogens with one attached hydrogen (secondary N) is 2. The van der Waals surface area contributed by atoms with Gasteiger partial charge in [-0.3, -0.25) is 0 Å². The van der Waals surface area contributed by atoms with Gasteiger partial charge in [-0.25, -0.2) is 18.1 Å². The largest absolute Gasteiger partial charge is 0.313 e. The molecule has 1 aliphatic heterocycles. The first-order chi connectivity index (χ1) is 10.5. The molecule has 5 nitrogen and oxygen atoms in total. The SMILES string of the molecule is Cc1nc(-c2ccc(S(=O)(=O)NCC3=CCNCC3)s2)cs1.Cl. The summed E-state index contributed by atoms with van der Waals surface area (Å²) in [6, 6.07) is 3.46. The van der Waals surface area contributed by atoms with E-state index in [1.807, 2.05) is 24.4 Å². The van der Waals surface area contributed by atoms with Crippen molar-refractivity contribution in [3.05, 3.63) is 34.2 Å². The quantitative estimate of drug-likeness (QED) is 0.769. The van der Waals surface area contributed by atoms with Crippen LogP contribution < -0.4 is 10.0 Å². The van der Waals surface area contributed by atoms with E-state index in [1.54, 1.807) is 17.4 Å². The van der Waals surface area contributed by atoms with Crippen LogP contribution in [-0.4, -0.2) is 33.0 Å². The number of hydrogen-bond acceptors (Lipinski definition) is 6. The molecule has 3 rings (SSSR count). The van der Waals surface area contributed by atoms with Gasteiger partial charge in [0.15, 0.2) is 0 Å². The second kappa shape index (κ2) is 7.87. The Kier molecular flexibility index (Phi) is 6.35. The van der Waals surface area contributed by atoms with Crippen molar-refractivity contribution in [1.82, 2.24) is 15.0 Å². The lowest BCUT2D eigenvalue weighted by molar-refractivity contribution is 0.584. The Labute approximate surface area is 150 Å². The number of nitrogens with zero attached hydrogens (tertiary/aromatic N) is 1. The van der Waals surface area contributed by atoms with Crippen molar-refractivity contribution in [2.75, 3.05) is 19.6 Å². The third-order valence-corrected chi connectivity index (χ3v) is 7.14. The molecular formula is C14H18ClN3O2S3. The number of hydrogen-bond donors (Lipinski definition) is 2. The molecular weight excluding hydrogens is 374 g/mol. The lowest BCUT2D eigenvalue weighted by Crippen LogP contribution is -2.29. The Bertz CT molecular complexity index is 796. The highest BCUT2D eigenvalue weighted by atomic mass is 35.5. The molecule has 23 heavy (non-hydrogen) atoms. The third-order valence-electron chi connectivity index (χ3n) is 3.36. The van der Waals surface area contributed by atoms with Crippen LogP contribution in [-0.2, 0) is 10.0 Å². The van der Waals surface area contributed by atoms with Crippen LogP contribution in [0.1, 0.15) is 11.4 Å². The third kappa shape index (κ3) is 4.62. The minimum atomic E-state index is -3.46. The van der Waals surface area contributed by atoms with Crippen molar-refractivity contribution in [1.29, 1.82) is 0 Å². The summed E-state index contributed by atoms with van der Waals surface area (Å²) in [5.74, 6) is 0. The van der Waals surface area contributed by atoms with Gasteiger partial charge in [-0.1, -0.05) is 11.6 Å². The highest BCUT2D eigenvalue weighted by Gasteiger charge is 2.18. The number of aryl methyl sites for hydroxylation is 1. The van der Waals surface area contributed by atoms with Crippen LogP contribution >= 0.6 is 35.1 Å². The maximum Gasteiger partial charge on any atom is 0.250 e. The molecule has 0 bridgehead atoms. The molecule has 1 aliphatic rings. The first-order valence-corrected chi connectivity index (χ1v) is 10.1. The van der Waals surface area contributed by atoms with Crippen molar-refractivity contribution in [2.45, 2.75) is 17.6 Å². The smallest absolute Gasteiger partial charge is 0.250 e. The fraction of sp³-hybridized carbons (Fsp3) is 0.357. The average Bonchev–Trinajstić information content (AvgIpc) is 3.15. The van der Waals surface area contributed by atoms with Crippen LogP contribution in [0.3, 0.4) is 0 Å². The number of thiazole rings is 1. The maximum absolute atomic E-state index is 12.4. The van der Waals surface area contributed by atoms with Crippen molar-refractivity contribution < 1.29 is 8.42 Å². The molecule has 2 aromatic rings. The van der Waals surface area contributed by atoms with Crippen LogP contribution in [0.25, 0.3) is 10.6 Å². The fourth-order valence-electron chi connectivity index (χ4n) is 2.17. The lowest BCUT2D eigenvalue weighted by atomic mass is 10.1. The van der Waals surface area contributed by atoms with Gasteiger partial charge in [0.1, 0.15) is 4.21 Å². The second-order valence-electron chi connectivity index (χ2n) is 5.01. The van der Waals surface area contributed by atoms with Gasteiger partial charge in [0.05, 0.1) is 15.6 Å². The summed E-state index contributed by atoms with van der Waals surface area (Å²) in [7, 11) is -3.46. The Morgan fingerprint density at radius 1 is 1.39 bits per heavy atom. The summed E-state index contributed by atoms with van der Waals surface area (Å²) in [5, 5.41) is 6.13. The summed E-state index contributed by atoms with van der Waals surface area (Å²) in [6.07, 6.45) is 2.93. The average molecular weight is 392 g/mol. The molecule has 3 heterocycles. The second-order valence-corrected chi connectivity index (χ2v) is 9.15. The molecule has 0 unspecified atom stereocenters. The van der Waals surface area contributed by atoms with Gasteiger partial charge in [-0.15, -0.1) is 35.1 Å². The molecule has 0 amide bonds. The molecule has 0 saturated carbocycles. The molecule has 0 aromatic carbocycles. The molecule has 0 atom stereocenters. The zero-order valence-corrected chi connectivity index (χ0v) is 15.8. The summed E-state index contributed by atoms with van der Waals surface area (Å²) in [5.41, 5.74) is 1.98. The van der Waals surface area contributed by atoms with Gasteiger partial charge in [-0.05, 0) is 32.0 Å². The van der Waals surface area contributed by atoms with E-state index >= 15 is 0 Å². The van der Waals surface area contributed by atoms with Crippen molar-refractivity contribution >= 4 is 45.1 Å². The zero-order chi connectivity index (χ0) is 15.6. The van der Waals surface area contributed by atoms with E-state index in [1.165, 1.54) is 11.3 Å². The molecule has 0 saturated heterocycles. The molecule has 0 radical (unpaired) electrons. The van der Waals surface area contributed by atoms with Gasteiger partial charge in [0.2, 0.25) is 10.0 Å². The maximum atomic E-state index is 12.4. The monoisotopic (exact) mass is 391 g/mol. The van der Waals surface area contributed by atoms with Crippen LogP contribution in [0.4, 0.5) is 0 Å². The number of sulfonamides is 1. The Balaban J connectivity index is 0.00000192. The molecule has 126 valence electrons. The minimum absolute atomic E-state index is 0. The van der Waals surface area contributed by atoms with Crippen LogP contribution in [0, 0.1) is 6.92 Å². The predicted molar refractivity (Wildman–Crippen MR) is 98.2 cm³/mol. The summed E-state index contributed by atoms with van der Waals surface area (Å²) >= 11 is 2.82. The molecule has 9 heteroatoms. The van der Waals surface area contributed by atoms with Gasteiger partial charge in [0.25, 0.3) is 0 Å². The summed E-state index contributed by atoms with van der Waals surface area (Å²) in [6.45, 7) is 4.03. The first kappa shape index (κ1) is 18.6. The highest BCUT2D eigenvalue weighted by Crippen LogP contribution is 2.31. The normalized spacial score (nSPS) is 15.1. The van der Waals surface area contributed by atoms with Gasteiger partial charge in [0, 0.05) is 18.5 Å². The number of halogens is 1. The van der Waals surface area contributed by atoms with E-state index in [-0.39, 0.29) is 12.4 Å². The molecule has 0 spiro atoms. The van der Waals surface area contributed by atoms with E-state index in [0.29, 0.717) is 10.8 Å². The zero-order valence-electron chi connectivity index (χ0n) is 12.5. The minimum Gasteiger partial charge on any atom is -0.313 e. The van der Waals surface area contributed by atoms with Crippen molar-refractivity contribution in [3.63, 3.8) is 0 Å². The van der Waals surface area contributed by atoms with E-state index in [0.717, 1.165) is 40.7 Å². The van der Waals surface area contributed by atoms with E-state index < -0.39 is 10.0 Å². The van der Waals surface area contributed by atoms with E-state index in [2.05, 4.69) is 15.0 Å². The number of rotatable bonds is 5. The van der Waals surface area contributed by atoms with Gasteiger partial charge >= 0.3 is 0 Å². The van der Waals surface area contributed by atoms with Crippen molar-refractivity contribution in [2.24, 2.45) is 0 Å². The van der Waals surface area contributed by atoms with E-state index in [4.69, 9.17) is 0 Å². The molecule has 0 aliphatic carbocycles. The fourth-order valence-corrected chi connectivity index (χ4v) is 5.20. The van der Waals surface area contributed by atoms with Crippen LogP contribution in [0.2, 0.25) is 0 Å². The van der Waals surface area contributed by atoms with Gasteiger partial charge in [-0.2, -0.15) is 0 Å². The van der Waals surface area contributed by atoms with Crippen molar-refractivity contribution in [3.8, 4) is 10.6 Å². The Hall–Kier alpha value is -0.770. The van der Waals surface area contributed by atoms with E-state index in [9.17, 15) is 8.42 Å². The standard InChI is InChI=1S/C14H17N3O2S3.ClH/c1-10-17-12(9-20-10)13-2-3-14(21-13)22(18,19)16-8-11-4-6-15-7-5-11;/h2-4,9,15-16H,5-8H2,1H3;1H. The Morgan fingerprint density at radius 3 is 2.87 bits per heavy atom.